The molecule has 0 aliphatic rings. The molecule has 1 N–H and O–H groups in total. The van der Waals surface area contributed by atoms with Crippen LogP contribution in [0, 0.1) is 0 Å². The van der Waals surface area contributed by atoms with Gasteiger partial charge in [0, 0.05) is 24.5 Å². The zero-order valence-electron chi connectivity index (χ0n) is 15.6. The highest BCUT2D eigenvalue weighted by Gasteiger charge is 2.17. The van der Waals surface area contributed by atoms with Gasteiger partial charge in [-0.15, -0.1) is 0 Å². The molecule has 2 aromatic carbocycles. The molecule has 2 aromatic rings. The van der Waals surface area contributed by atoms with E-state index >= 15 is 0 Å². The molecule has 0 unspecified atom stereocenters. The molecule has 0 saturated heterocycles. The van der Waals surface area contributed by atoms with Crippen LogP contribution in [0.15, 0.2) is 48.5 Å². The maximum atomic E-state index is 12.1. The maximum absolute atomic E-state index is 12.1. The summed E-state index contributed by atoms with van der Waals surface area (Å²) in [5.41, 5.74) is 2.73. The summed E-state index contributed by atoms with van der Waals surface area (Å²) in [6.45, 7) is 2.73. The summed E-state index contributed by atoms with van der Waals surface area (Å²) in [6.07, 6.45) is 2.77. The lowest BCUT2D eigenvalue weighted by atomic mass is 10.1. The Morgan fingerprint density at radius 1 is 1.04 bits per heavy atom. The minimum Gasteiger partial charge on any atom is -0.352 e. The van der Waals surface area contributed by atoms with Gasteiger partial charge in [-0.05, 0) is 48.2 Å². The average molecular weight is 409 g/mol. The number of amides is 1. The molecule has 0 aromatic heterocycles. The van der Waals surface area contributed by atoms with Crippen molar-refractivity contribution in [2.24, 2.45) is 0 Å². The minimum atomic E-state index is -3.41. The lowest BCUT2D eigenvalue weighted by molar-refractivity contribution is -0.121. The molecule has 0 atom stereocenters. The molecule has 27 heavy (non-hydrogen) atoms. The van der Waals surface area contributed by atoms with Gasteiger partial charge in [0.05, 0.1) is 11.9 Å². The van der Waals surface area contributed by atoms with Gasteiger partial charge in [0.25, 0.3) is 0 Å². The second-order valence-corrected chi connectivity index (χ2v) is 8.71. The Kier molecular flexibility index (Phi) is 7.68. The number of anilines is 1. The van der Waals surface area contributed by atoms with E-state index in [-0.39, 0.29) is 18.9 Å². The molecule has 146 valence electrons. The Bertz CT molecular complexity index is 850. The van der Waals surface area contributed by atoms with Gasteiger partial charge in [-0.25, -0.2) is 8.42 Å². The lowest BCUT2D eigenvalue weighted by Gasteiger charge is -2.22. The first kappa shape index (κ1) is 21.3. The van der Waals surface area contributed by atoms with E-state index in [1.807, 2.05) is 31.2 Å². The number of carbonyl (C=O) groups excluding carboxylic acids is 1. The highest BCUT2D eigenvalue weighted by atomic mass is 35.5. The molecule has 0 heterocycles. The zero-order valence-corrected chi connectivity index (χ0v) is 17.2. The monoisotopic (exact) mass is 408 g/mol. The second kappa shape index (κ2) is 9.76. The first-order chi connectivity index (χ1) is 12.8. The summed E-state index contributed by atoms with van der Waals surface area (Å²) < 4.78 is 25.6. The van der Waals surface area contributed by atoms with Crippen molar-refractivity contribution in [1.29, 1.82) is 0 Å². The van der Waals surface area contributed by atoms with E-state index in [0.29, 0.717) is 23.7 Å². The van der Waals surface area contributed by atoms with Gasteiger partial charge in [0.1, 0.15) is 0 Å². The van der Waals surface area contributed by atoms with Crippen molar-refractivity contribution >= 4 is 33.2 Å². The molecule has 0 spiro atoms. The number of nitrogens with one attached hydrogen (secondary N) is 1. The van der Waals surface area contributed by atoms with Crippen LogP contribution in [-0.4, -0.2) is 27.1 Å². The third kappa shape index (κ3) is 6.88. The van der Waals surface area contributed by atoms with Crippen LogP contribution in [0.1, 0.15) is 30.9 Å². The number of rotatable bonds is 9. The molecule has 0 aliphatic heterocycles. The molecule has 7 heteroatoms. The fourth-order valence-electron chi connectivity index (χ4n) is 2.66. The number of carbonyl (C=O) groups is 1. The molecule has 0 bridgehead atoms. The van der Waals surface area contributed by atoms with Crippen molar-refractivity contribution in [3.05, 3.63) is 64.7 Å². The van der Waals surface area contributed by atoms with E-state index < -0.39 is 10.0 Å². The largest absolute Gasteiger partial charge is 0.352 e. The Hall–Kier alpha value is -2.05. The summed E-state index contributed by atoms with van der Waals surface area (Å²) in [5, 5.41) is 3.49. The molecule has 0 radical (unpaired) electrons. The fourth-order valence-corrected chi connectivity index (χ4v) is 3.75. The van der Waals surface area contributed by atoms with Crippen molar-refractivity contribution < 1.29 is 13.2 Å². The van der Waals surface area contributed by atoms with E-state index in [0.717, 1.165) is 17.5 Å². The Morgan fingerprint density at radius 2 is 1.63 bits per heavy atom. The number of sulfonamides is 1. The number of nitrogens with zero attached hydrogens (tertiary/aromatic N) is 1. The van der Waals surface area contributed by atoms with Gasteiger partial charge in [-0.2, -0.15) is 0 Å². The average Bonchev–Trinajstić information content (AvgIpc) is 2.64. The predicted octanol–water partition coefficient (Wildman–Crippen LogP) is 3.77. The molecular weight excluding hydrogens is 384 g/mol. The summed E-state index contributed by atoms with van der Waals surface area (Å²) in [7, 11) is -3.41. The lowest BCUT2D eigenvalue weighted by Crippen LogP contribution is -2.32. The second-order valence-electron chi connectivity index (χ2n) is 6.36. The van der Waals surface area contributed by atoms with Crippen LogP contribution in [0.2, 0.25) is 5.02 Å². The van der Waals surface area contributed by atoms with E-state index in [4.69, 9.17) is 11.6 Å². The highest BCUT2D eigenvalue weighted by Crippen LogP contribution is 2.19. The zero-order chi connectivity index (χ0) is 19.9. The maximum Gasteiger partial charge on any atom is 0.232 e. The number of benzene rings is 2. The Labute approximate surface area is 166 Å². The van der Waals surface area contributed by atoms with Gasteiger partial charge in [0.2, 0.25) is 15.9 Å². The first-order valence-electron chi connectivity index (χ1n) is 8.87. The normalized spacial score (nSPS) is 11.2. The fraction of sp³-hybridized carbons (Fsp3) is 0.350. The Morgan fingerprint density at radius 3 is 2.19 bits per heavy atom. The number of hydrogen-bond acceptors (Lipinski definition) is 3. The summed E-state index contributed by atoms with van der Waals surface area (Å²) in [5.74, 6) is -0.111. The van der Waals surface area contributed by atoms with E-state index in [2.05, 4.69) is 5.32 Å². The molecular formula is C20H25ClN2O3S. The van der Waals surface area contributed by atoms with Crippen molar-refractivity contribution in [3.63, 3.8) is 0 Å². The molecule has 0 saturated carbocycles. The van der Waals surface area contributed by atoms with Crippen LogP contribution < -0.4 is 9.62 Å². The van der Waals surface area contributed by atoms with E-state index in [1.165, 1.54) is 10.6 Å². The quantitative estimate of drug-likeness (QED) is 0.686. The van der Waals surface area contributed by atoms with Crippen LogP contribution in [-0.2, 0) is 27.8 Å². The molecule has 2 rings (SSSR count). The van der Waals surface area contributed by atoms with E-state index in [1.54, 1.807) is 24.3 Å². The standard InChI is InChI=1S/C20H25ClN2O3S/c1-3-16-8-12-19(13-9-16)23(27(2,25)26)14-4-5-20(24)22-15-17-6-10-18(21)11-7-17/h6-13H,3-5,14-15H2,1-2H3,(H,22,24). The SMILES string of the molecule is CCc1ccc(N(CCCC(=O)NCc2ccc(Cl)cc2)S(C)(=O)=O)cc1. The number of aryl methyl sites for hydroxylation is 1. The molecule has 0 fully saturated rings. The van der Waals surface area contributed by atoms with Crippen molar-refractivity contribution in [2.45, 2.75) is 32.7 Å². The highest BCUT2D eigenvalue weighted by molar-refractivity contribution is 7.92. The van der Waals surface area contributed by atoms with Crippen molar-refractivity contribution in [1.82, 2.24) is 5.32 Å². The molecule has 1 amide bonds. The van der Waals surface area contributed by atoms with Gasteiger partial charge < -0.3 is 5.32 Å². The topological polar surface area (TPSA) is 66.5 Å². The third-order valence-electron chi connectivity index (χ3n) is 4.20. The first-order valence-corrected chi connectivity index (χ1v) is 11.1. The van der Waals surface area contributed by atoms with Crippen LogP contribution in [0.3, 0.4) is 0 Å². The van der Waals surface area contributed by atoms with Gasteiger partial charge >= 0.3 is 0 Å². The van der Waals surface area contributed by atoms with Crippen LogP contribution in [0.5, 0.6) is 0 Å². The predicted molar refractivity (Wildman–Crippen MR) is 111 cm³/mol. The van der Waals surface area contributed by atoms with E-state index in [9.17, 15) is 13.2 Å². The van der Waals surface area contributed by atoms with Crippen LogP contribution in [0.25, 0.3) is 0 Å². The van der Waals surface area contributed by atoms with Gasteiger partial charge in [-0.3, -0.25) is 9.10 Å². The van der Waals surface area contributed by atoms with Crippen molar-refractivity contribution in [2.75, 3.05) is 17.1 Å². The smallest absolute Gasteiger partial charge is 0.232 e. The summed E-state index contributed by atoms with van der Waals surface area (Å²) >= 11 is 5.84. The van der Waals surface area contributed by atoms with Crippen LogP contribution in [0.4, 0.5) is 5.69 Å². The number of halogens is 1. The summed E-state index contributed by atoms with van der Waals surface area (Å²) in [6, 6.07) is 14.7. The summed E-state index contributed by atoms with van der Waals surface area (Å²) in [4.78, 5) is 12.0. The molecule has 0 aliphatic carbocycles. The van der Waals surface area contributed by atoms with Crippen molar-refractivity contribution in [3.8, 4) is 0 Å². The van der Waals surface area contributed by atoms with Crippen LogP contribution >= 0.6 is 11.6 Å². The number of hydrogen-bond donors (Lipinski definition) is 1. The Balaban J connectivity index is 1.87. The van der Waals surface area contributed by atoms with Gasteiger partial charge in [0.15, 0.2) is 0 Å². The van der Waals surface area contributed by atoms with Gasteiger partial charge in [-0.1, -0.05) is 42.8 Å². The minimum absolute atomic E-state index is 0.111. The molecule has 5 nitrogen and oxygen atoms in total. The third-order valence-corrected chi connectivity index (χ3v) is 5.65.